The standard InChI is InChI=1S/C31H30Cl3F2N3O3/c1-30(2,3)14-24-31(15-37,20-11-8-16(32)12-23(20)35)25(19-6-5-7-21(33)26(19)36)27(39-24)28(40)38-17-9-10-18(22(34)13-17)29(41)42-4/h5-13,24-25,27-28,38-40H,14H2,1-4H3. The zero-order valence-electron chi connectivity index (χ0n) is 23.3. The van der Waals surface area contributed by atoms with E-state index < -0.39 is 47.2 Å². The van der Waals surface area contributed by atoms with Crippen molar-refractivity contribution < 1.29 is 23.4 Å². The van der Waals surface area contributed by atoms with Crippen LogP contribution in [0.15, 0.2) is 54.6 Å². The number of halogens is 5. The van der Waals surface area contributed by atoms with Crippen molar-refractivity contribution in [2.45, 2.75) is 56.8 Å². The van der Waals surface area contributed by atoms with E-state index in [0.717, 1.165) is 6.07 Å². The van der Waals surface area contributed by atoms with Crippen molar-refractivity contribution in [2.24, 2.45) is 5.41 Å². The van der Waals surface area contributed by atoms with Gasteiger partial charge in [0.05, 0.1) is 34.8 Å². The number of aliphatic hydroxyl groups excluding tert-OH is 1. The maximum atomic E-state index is 15.8. The van der Waals surface area contributed by atoms with Crippen LogP contribution >= 0.6 is 34.8 Å². The zero-order valence-corrected chi connectivity index (χ0v) is 25.6. The minimum absolute atomic E-state index is 0.0145. The predicted molar refractivity (Wildman–Crippen MR) is 160 cm³/mol. The third kappa shape index (κ3) is 6.08. The van der Waals surface area contributed by atoms with E-state index in [9.17, 15) is 15.2 Å². The van der Waals surface area contributed by atoms with Gasteiger partial charge in [0.15, 0.2) is 0 Å². The molecule has 5 unspecified atom stereocenters. The summed E-state index contributed by atoms with van der Waals surface area (Å²) in [5.41, 5.74) is -1.54. The second-order valence-electron chi connectivity index (χ2n) is 11.5. The number of ether oxygens (including phenoxy) is 1. The predicted octanol–water partition coefficient (Wildman–Crippen LogP) is 7.46. The molecular weight excluding hydrogens is 607 g/mol. The van der Waals surface area contributed by atoms with E-state index in [1.807, 2.05) is 20.8 Å². The molecule has 4 rings (SSSR count). The number of benzene rings is 3. The molecule has 0 amide bonds. The van der Waals surface area contributed by atoms with E-state index >= 15 is 8.78 Å². The van der Waals surface area contributed by atoms with Gasteiger partial charge in [-0.05, 0) is 53.8 Å². The number of nitriles is 1. The molecule has 3 N–H and O–H groups in total. The van der Waals surface area contributed by atoms with Gasteiger partial charge >= 0.3 is 5.97 Å². The van der Waals surface area contributed by atoms with Gasteiger partial charge in [-0.3, -0.25) is 0 Å². The fourth-order valence-corrected chi connectivity index (χ4v) is 6.39. The fourth-order valence-electron chi connectivity index (χ4n) is 5.79. The molecule has 1 aliphatic heterocycles. The maximum absolute atomic E-state index is 15.8. The number of carbonyl (C=O) groups excluding carboxylic acids is 1. The second kappa shape index (κ2) is 12.4. The SMILES string of the molecule is COC(=O)c1ccc(NC(O)C2NC(CC(C)(C)C)C(C#N)(c3ccc(Cl)cc3F)C2c2cccc(Cl)c2F)cc1Cl. The van der Waals surface area contributed by atoms with Crippen LogP contribution < -0.4 is 10.6 Å². The average molecular weight is 637 g/mol. The summed E-state index contributed by atoms with van der Waals surface area (Å²) in [6, 6.07) is 13.4. The molecule has 1 aliphatic rings. The van der Waals surface area contributed by atoms with E-state index in [-0.39, 0.29) is 37.2 Å². The first kappa shape index (κ1) is 32.0. The largest absolute Gasteiger partial charge is 0.465 e. The third-order valence-electron chi connectivity index (χ3n) is 7.52. The summed E-state index contributed by atoms with van der Waals surface area (Å²) in [7, 11) is 1.23. The Balaban J connectivity index is 1.90. The number of carbonyl (C=O) groups is 1. The molecule has 42 heavy (non-hydrogen) atoms. The van der Waals surface area contributed by atoms with E-state index in [1.165, 1.54) is 49.6 Å². The van der Waals surface area contributed by atoms with Gasteiger partial charge in [0, 0.05) is 28.2 Å². The lowest BCUT2D eigenvalue weighted by atomic mass is 9.62. The van der Waals surface area contributed by atoms with Crippen LogP contribution in [0.5, 0.6) is 0 Å². The molecule has 1 saturated heterocycles. The Hall–Kier alpha value is -2.93. The molecule has 3 aromatic rings. The van der Waals surface area contributed by atoms with Crippen molar-refractivity contribution in [3.05, 3.63) is 98.0 Å². The van der Waals surface area contributed by atoms with Gasteiger partial charge in [0.2, 0.25) is 0 Å². The summed E-state index contributed by atoms with van der Waals surface area (Å²) in [5.74, 6) is -3.27. The monoisotopic (exact) mass is 635 g/mol. The molecule has 0 aromatic heterocycles. The molecule has 6 nitrogen and oxygen atoms in total. The normalized spacial score (nSPS) is 22.8. The lowest BCUT2D eigenvalue weighted by Crippen LogP contribution is -2.45. The Labute approximate surface area is 258 Å². The summed E-state index contributed by atoms with van der Waals surface area (Å²) in [4.78, 5) is 12.0. The number of hydrogen-bond acceptors (Lipinski definition) is 6. The number of aliphatic hydroxyl groups is 1. The van der Waals surface area contributed by atoms with Crippen LogP contribution in [-0.4, -0.2) is 36.5 Å². The van der Waals surface area contributed by atoms with Crippen LogP contribution in [0, 0.1) is 28.4 Å². The first-order chi connectivity index (χ1) is 19.7. The fraction of sp³-hybridized carbons (Fsp3) is 0.355. The van der Waals surface area contributed by atoms with Gasteiger partial charge in [0.1, 0.15) is 23.3 Å². The van der Waals surface area contributed by atoms with Gasteiger partial charge in [-0.2, -0.15) is 5.26 Å². The van der Waals surface area contributed by atoms with Gasteiger partial charge in [-0.15, -0.1) is 0 Å². The summed E-state index contributed by atoms with van der Waals surface area (Å²) in [6.07, 6.45) is -1.08. The van der Waals surface area contributed by atoms with Gasteiger partial charge < -0.3 is 20.5 Å². The molecule has 1 heterocycles. The Bertz CT molecular complexity index is 1540. The summed E-state index contributed by atoms with van der Waals surface area (Å²) >= 11 is 18.6. The van der Waals surface area contributed by atoms with Crippen LogP contribution in [0.4, 0.5) is 14.5 Å². The maximum Gasteiger partial charge on any atom is 0.339 e. The Morgan fingerprint density at radius 1 is 1.14 bits per heavy atom. The van der Waals surface area contributed by atoms with Crippen molar-refractivity contribution >= 4 is 46.5 Å². The van der Waals surface area contributed by atoms with Crippen LogP contribution in [-0.2, 0) is 10.2 Å². The van der Waals surface area contributed by atoms with E-state index in [4.69, 9.17) is 39.5 Å². The Morgan fingerprint density at radius 3 is 2.45 bits per heavy atom. The van der Waals surface area contributed by atoms with Crippen molar-refractivity contribution in [2.75, 3.05) is 12.4 Å². The van der Waals surface area contributed by atoms with Crippen LogP contribution in [0.25, 0.3) is 0 Å². The van der Waals surface area contributed by atoms with E-state index in [2.05, 4.69) is 16.7 Å². The molecular formula is C31H30Cl3F2N3O3. The first-order valence-electron chi connectivity index (χ1n) is 13.1. The molecule has 222 valence electrons. The highest BCUT2D eigenvalue weighted by Gasteiger charge is 2.60. The van der Waals surface area contributed by atoms with Crippen LogP contribution in [0.1, 0.15) is 54.6 Å². The minimum atomic E-state index is -1.70. The third-order valence-corrected chi connectivity index (χ3v) is 8.36. The van der Waals surface area contributed by atoms with E-state index in [1.54, 1.807) is 6.07 Å². The molecule has 0 spiro atoms. The molecule has 11 heteroatoms. The molecule has 5 atom stereocenters. The number of methoxy groups -OCH3 is 1. The van der Waals surface area contributed by atoms with Crippen molar-refractivity contribution in [3.63, 3.8) is 0 Å². The number of esters is 1. The molecule has 1 fully saturated rings. The van der Waals surface area contributed by atoms with Gasteiger partial charge in [0.25, 0.3) is 0 Å². The number of hydrogen-bond donors (Lipinski definition) is 3. The number of nitrogens with one attached hydrogen (secondary N) is 2. The number of nitrogens with zero attached hydrogens (tertiary/aromatic N) is 1. The number of anilines is 1. The molecule has 0 saturated carbocycles. The Kier molecular flexibility index (Phi) is 9.41. The first-order valence-corrected chi connectivity index (χ1v) is 14.3. The zero-order chi connectivity index (χ0) is 31.0. The smallest absolute Gasteiger partial charge is 0.339 e. The second-order valence-corrected chi connectivity index (χ2v) is 12.8. The van der Waals surface area contributed by atoms with Crippen molar-refractivity contribution in [3.8, 4) is 6.07 Å². The topological polar surface area (TPSA) is 94.4 Å². The highest BCUT2D eigenvalue weighted by molar-refractivity contribution is 6.34. The molecule has 0 bridgehead atoms. The van der Waals surface area contributed by atoms with E-state index in [0.29, 0.717) is 12.1 Å². The lowest BCUT2D eigenvalue weighted by Gasteiger charge is -2.38. The highest BCUT2D eigenvalue weighted by Crippen LogP contribution is 2.53. The Morgan fingerprint density at radius 2 is 1.86 bits per heavy atom. The van der Waals surface area contributed by atoms with Gasteiger partial charge in [-0.1, -0.05) is 73.8 Å². The minimum Gasteiger partial charge on any atom is -0.465 e. The summed E-state index contributed by atoms with van der Waals surface area (Å²) in [6.45, 7) is 5.91. The van der Waals surface area contributed by atoms with Crippen molar-refractivity contribution in [1.29, 1.82) is 5.26 Å². The quantitative estimate of drug-likeness (QED) is 0.184. The molecule has 3 aromatic carbocycles. The molecule has 0 radical (unpaired) electrons. The average Bonchev–Trinajstić information content (AvgIpc) is 3.23. The van der Waals surface area contributed by atoms with Gasteiger partial charge in [-0.25, -0.2) is 13.6 Å². The van der Waals surface area contributed by atoms with Crippen LogP contribution in [0.2, 0.25) is 15.1 Å². The summed E-state index contributed by atoms with van der Waals surface area (Å²) in [5, 5.41) is 28.9. The summed E-state index contributed by atoms with van der Waals surface area (Å²) < 4.78 is 36.3. The molecule has 0 aliphatic carbocycles. The lowest BCUT2D eigenvalue weighted by molar-refractivity contribution is 0.0601. The van der Waals surface area contributed by atoms with Crippen LogP contribution in [0.3, 0.4) is 0 Å². The highest BCUT2D eigenvalue weighted by atomic mass is 35.5. The van der Waals surface area contributed by atoms with Crippen molar-refractivity contribution in [1.82, 2.24) is 5.32 Å². The number of rotatable bonds is 7.